The SMILES string of the molecule is CCCCCCCC(=O)Nc1nc(-c2ccc(S(=O)(=O)N3CCCCC3C)cc2)cs1. The topological polar surface area (TPSA) is 79.4 Å². The van der Waals surface area contributed by atoms with Crippen molar-refractivity contribution in [2.45, 2.75) is 82.6 Å². The summed E-state index contributed by atoms with van der Waals surface area (Å²) < 4.78 is 27.6. The molecule has 1 aliphatic rings. The molecular weight excluding hydrogens is 430 g/mol. The molecule has 1 aliphatic heterocycles. The maximum Gasteiger partial charge on any atom is 0.243 e. The van der Waals surface area contributed by atoms with Crippen molar-refractivity contribution in [3.05, 3.63) is 29.6 Å². The lowest BCUT2D eigenvalue weighted by Gasteiger charge is -2.32. The molecule has 1 aromatic heterocycles. The fraction of sp³-hybridized carbons (Fsp3) is 0.565. The third kappa shape index (κ3) is 6.37. The van der Waals surface area contributed by atoms with Crippen LogP contribution in [0.25, 0.3) is 11.3 Å². The third-order valence-corrected chi connectivity index (χ3v) is 8.54. The molecule has 6 nitrogen and oxygen atoms in total. The van der Waals surface area contributed by atoms with Gasteiger partial charge in [-0.2, -0.15) is 4.31 Å². The quantitative estimate of drug-likeness (QED) is 0.460. The average molecular weight is 464 g/mol. The van der Waals surface area contributed by atoms with Gasteiger partial charge < -0.3 is 5.32 Å². The predicted octanol–water partition coefficient (Wildman–Crippen LogP) is 5.67. The van der Waals surface area contributed by atoms with E-state index in [9.17, 15) is 13.2 Å². The average Bonchev–Trinajstić information content (AvgIpc) is 3.22. The van der Waals surface area contributed by atoms with E-state index in [1.165, 1.54) is 30.6 Å². The van der Waals surface area contributed by atoms with Crippen molar-refractivity contribution in [3.8, 4) is 11.3 Å². The van der Waals surface area contributed by atoms with Crippen LogP contribution in [0.5, 0.6) is 0 Å². The minimum absolute atomic E-state index is 0.00510. The molecule has 1 amide bonds. The Morgan fingerprint density at radius 1 is 1.16 bits per heavy atom. The number of piperidine rings is 1. The summed E-state index contributed by atoms with van der Waals surface area (Å²) >= 11 is 1.38. The van der Waals surface area contributed by atoms with Gasteiger partial charge in [-0.25, -0.2) is 13.4 Å². The van der Waals surface area contributed by atoms with Gasteiger partial charge in [-0.15, -0.1) is 11.3 Å². The Bertz CT molecular complexity index is 955. The highest BCUT2D eigenvalue weighted by molar-refractivity contribution is 7.89. The zero-order valence-corrected chi connectivity index (χ0v) is 20.1. The van der Waals surface area contributed by atoms with Crippen LogP contribution >= 0.6 is 11.3 Å². The summed E-state index contributed by atoms with van der Waals surface area (Å²) in [7, 11) is -3.48. The van der Waals surface area contributed by atoms with Crippen LogP contribution in [0, 0.1) is 0 Å². The van der Waals surface area contributed by atoms with E-state index in [0.29, 0.717) is 23.0 Å². The summed E-state index contributed by atoms with van der Waals surface area (Å²) in [6.07, 6.45) is 8.97. The van der Waals surface area contributed by atoms with Gasteiger partial charge in [-0.3, -0.25) is 4.79 Å². The van der Waals surface area contributed by atoms with E-state index in [4.69, 9.17) is 0 Å². The van der Waals surface area contributed by atoms with E-state index < -0.39 is 10.0 Å². The minimum Gasteiger partial charge on any atom is -0.302 e. The normalized spacial score (nSPS) is 17.5. The van der Waals surface area contributed by atoms with Crippen molar-refractivity contribution in [2.75, 3.05) is 11.9 Å². The van der Waals surface area contributed by atoms with Gasteiger partial charge in [0.15, 0.2) is 5.13 Å². The number of thiazole rings is 1. The number of amides is 1. The van der Waals surface area contributed by atoms with Crippen molar-refractivity contribution < 1.29 is 13.2 Å². The van der Waals surface area contributed by atoms with Crippen LogP contribution in [0.2, 0.25) is 0 Å². The van der Waals surface area contributed by atoms with Crippen molar-refractivity contribution in [2.24, 2.45) is 0 Å². The maximum absolute atomic E-state index is 13.0. The molecule has 1 atom stereocenters. The summed E-state index contributed by atoms with van der Waals surface area (Å²) in [5.74, 6) is -0.00510. The third-order valence-electron chi connectivity index (χ3n) is 5.76. The zero-order valence-electron chi connectivity index (χ0n) is 18.5. The molecular formula is C23H33N3O3S2. The van der Waals surface area contributed by atoms with Gasteiger partial charge in [0, 0.05) is 30.0 Å². The first kappa shape index (κ1) is 23.9. The fourth-order valence-corrected chi connectivity index (χ4v) is 6.33. The second kappa shape index (κ2) is 11.2. The number of nitrogens with zero attached hydrogens (tertiary/aromatic N) is 2. The number of hydrogen-bond acceptors (Lipinski definition) is 5. The second-order valence-electron chi connectivity index (χ2n) is 8.24. The first-order valence-corrected chi connectivity index (χ1v) is 13.6. The van der Waals surface area contributed by atoms with Gasteiger partial charge in [0.1, 0.15) is 0 Å². The van der Waals surface area contributed by atoms with Crippen molar-refractivity contribution in [3.63, 3.8) is 0 Å². The number of nitrogens with one attached hydrogen (secondary N) is 1. The molecule has 0 saturated carbocycles. The van der Waals surface area contributed by atoms with Crippen LogP contribution in [-0.4, -0.2) is 36.2 Å². The summed E-state index contributed by atoms with van der Waals surface area (Å²) in [6.45, 7) is 4.73. The molecule has 3 rings (SSSR count). The number of hydrogen-bond donors (Lipinski definition) is 1. The van der Waals surface area contributed by atoms with Gasteiger partial charge in [0.05, 0.1) is 10.6 Å². The first-order valence-electron chi connectivity index (χ1n) is 11.3. The molecule has 31 heavy (non-hydrogen) atoms. The van der Waals surface area contributed by atoms with Crippen LogP contribution in [0.3, 0.4) is 0 Å². The molecule has 0 aliphatic carbocycles. The van der Waals surface area contributed by atoms with E-state index >= 15 is 0 Å². The lowest BCUT2D eigenvalue weighted by atomic mass is 10.1. The maximum atomic E-state index is 13.0. The van der Waals surface area contributed by atoms with Crippen LogP contribution in [0.1, 0.15) is 71.6 Å². The standard InChI is InChI=1S/C23H33N3O3S2/c1-3-4-5-6-7-11-22(27)25-23-24-21(17-30-23)19-12-14-20(15-13-19)31(28,29)26-16-9-8-10-18(26)2/h12-15,17-18H,3-11,16H2,1-2H3,(H,24,25,27). The van der Waals surface area contributed by atoms with Crippen molar-refractivity contribution in [1.29, 1.82) is 0 Å². The number of aromatic nitrogens is 1. The van der Waals surface area contributed by atoms with E-state index in [1.807, 2.05) is 12.3 Å². The van der Waals surface area contributed by atoms with E-state index in [1.54, 1.807) is 28.6 Å². The number of rotatable bonds is 10. The van der Waals surface area contributed by atoms with Gasteiger partial charge in [-0.1, -0.05) is 51.2 Å². The number of anilines is 1. The summed E-state index contributed by atoms with van der Waals surface area (Å²) in [5, 5.41) is 5.33. The predicted molar refractivity (Wildman–Crippen MR) is 127 cm³/mol. The van der Waals surface area contributed by atoms with Crippen LogP contribution in [-0.2, 0) is 14.8 Å². The molecule has 2 heterocycles. The molecule has 1 saturated heterocycles. The molecule has 1 N–H and O–H groups in total. The van der Waals surface area contributed by atoms with Crippen LogP contribution in [0.4, 0.5) is 5.13 Å². The van der Waals surface area contributed by atoms with Crippen molar-refractivity contribution in [1.82, 2.24) is 9.29 Å². The Hall–Kier alpha value is -1.77. The van der Waals surface area contributed by atoms with Crippen LogP contribution < -0.4 is 5.32 Å². The fourth-order valence-electron chi connectivity index (χ4n) is 3.90. The largest absolute Gasteiger partial charge is 0.302 e. The van der Waals surface area contributed by atoms with Gasteiger partial charge in [-0.05, 0) is 38.3 Å². The molecule has 8 heteroatoms. The molecule has 170 valence electrons. The Balaban J connectivity index is 1.59. The summed E-state index contributed by atoms with van der Waals surface area (Å²) in [4.78, 5) is 16.9. The van der Waals surface area contributed by atoms with E-state index in [-0.39, 0.29) is 11.9 Å². The molecule has 0 radical (unpaired) electrons. The number of carbonyl (C=O) groups is 1. The lowest BCUT2D eigenvalue weighted by molar-refractivity contribution is -0.116. The van der Waals surface area contributed by atoms with Gasteiger partial charge >= 0.3 is 0 Å². The van der Waals surface area contributed by atoms with Crippen LogP contribution in [0.15, 0.2) is 34.5 Å². The molecule has 0 spiro atoms. The monoisotopic (exact) mass is 463 g/mol. The Morgan fingerprint density at radius 2 is 1.90 bits per heavy atom. The Morgan fingerprint density at radius 3 is 2.61 bits per heavy atom. The zero-order chi connectivity index (χ0) is 22.3. The number of benzene rings is 1. The van der Waals surface area contributed by atoms with E-state index in [0.717, 1.165) is 43.4 Å². The molecule has 1 unspecified atom stereocenters. The molecule has 1 aromatic carbocycles. The smallest absolute Gasteiger partial charge is 0.243 e. The highest BCUT2D eigenvalue weighted by Crippen LogP contribution is 2.29. The van der Waals surface area contributed by atoms with E-state index in [2.05, 4.69) is 17.2 Å². The molecule has 2 aromatic rings. The molecule has 1 fully saturated rings. The number of unbranched alkanes of at least 4 members (excludes halogenated alkanes) is 4. The summed E-state index contributed by atoms with van der Waals surface area (Å²) in [6, 6.07) is 6.92. The number of carbonyl (C=O) groups excluding carboxylic acids is 1. The highest BCUT2D eigenvalue weighted by Gasteiger charge is 2.30. The van der Waals surface area contributed by atoms with Gasteiger partial charge in [0.25, 0.3) is 0 Å². The lowest BCUT2D eigenvalue weighted by Crippen LogP contribution is -2.41. The Labute approximate surface area is 190 Å². The minimum atomic E-state index is -3.48. The number of sulfonamides is 1. The summed E-state index contributed by atoms with van der Waals surface area (Å²) in [5.41, 5.74) is 1.57. The highest BCUT2D eigenvalue weighted by atomic mass is 32.2. The van der Waals surface area contributed by atoms with Gasteiger partial charge in [0.2, 0.25) is 15.9 Å². The Kier molecular flexibility index (Phi) is 8.63. The van der Waals surface area contributed by atoms with Crippen molar-refractivity contribution >= 4 is 32.4 Å². The first-order chi connectivity index (χ1) is 14.9. The second-order valence-corrected chi connectivity index (χ2v) is 11.0. The molecule has 0 bridgehead atoms.